The molecule has 0 spiro atoms. The second kappa shape index (κ2) is 5.41. The number of benzene rings is 1. The Morgan fingerprint density at radius 1 is 1.18 bits per heavy atom. The van der Waals surface area contributed by atoms with Gasteiger partial charge in [0.1, 0.15) is 11.6 Å². The van der Waals surface area contributed by atoms with Gasteiger partial charge >= 0.3 is 0 Å². The van der Waals surface area contributed by atoms with E-state index in [2.05, 4.69) is 34.3 Å². The average molecular weight is 228 g/mol. The molecule has 0 atom stereocenters. The number of nitrogens with two attached hydrogens (primary N) is 1. The van der Waals surface area contributed by atoms with Crippen LogP contribution >= 0.6 is 0 Å². The van der Waals surface area contributed by atoms with Crippen LogP contribution in [0.4, 0.5) is 11.5 Å². The molecule has 3 N–H and O–H groups in total. The maximum Gasteiger partial charge on any atom is 0.144 e. The summed E-state index contributed by atoms with van der Waals surface area (Å²) in [7, 11) is 0. The van der Waals surface area contributed by atoms with E-state index < -0.39 is 0 Å². The molecule has 0 bridgehead atoms. The molecule has 0 amide bonds. The molecule has 17 heavy (non-hydrogen) atoms. The van der Waals surface area contributed by atoms with Crippen LogP contribution in [0.2, 0.25) is 0 Å². The van der Waals surface area contributed by atoms with Crippen LogP contribution in [0, 0.1) is 0 Å². The first-order chi connectivity index (χ1) is 8.31. The molecule has 1 heterocycles. The highest BCUT2D eigenvalue weighted by molar-refractivity contribution is 5.56. The molecule has 88 valence electrons. The maximum absolute atomic E-state index is 5.50. The van der Waals surface area contributed by atoms with Crippen molar-refractivity contribution in [1.82, 2.24) is 9.97 Å². The van der Waals surface area contributed by atoms with Crippen molar-refractivity contribution in [2.45, 2.75) is 19.9 Å². The summed E-state index contributed by atoms with van der Waals surface area (Å²) in [6, 6.07) is 10.1. The first-order valence-electron chi connectivity index (χ1n) is 5.69. The number of nitrogens with zero attached hydrogens (tertiary/aromatic N) is 2. The Labute approximate surface area is 101 Å². The third-order valence-corrected chi connectivity index (χ3v) is 2.52. The number of nitrogens with one attached hydrogen (secondary N) is 1. The van der Waals surface area contributed by atoms with Crippen LogP contribution in [0.1, 0.15) is 18.3 Å². The zero-order valence-electron chi connectivity index (χ0n) is 9.85. The van der Waals surface area contributed by atoms with Crippen molar-refractivity contribution in [3.8, 4) is 0 Å². The molecule has 1 aromatic heterocycles. The van der Waals surface area contributed by atoms with Gasteiger partial charge in [-0.2, -0.15) is 0 Å². The molecule has 2 rings (SSSR count). The molecule has 0 unspecified atom stereocenters. The molecule has 0 saturated carbocycles. The molecule has 1 aromatic carbocycles. The van der Waals surface area contributed by atoms with Crippen molar-refractivity contribution in [3.63, 3.8) is 0 Å². The summed E-state index contributed by atoms with van der Waals surface area (Å²) < 4.78 is 0. The summed E-state index contributed by atoms with van der Waals surface area (Å²) in [5, 5.41) is 3.22. The summed E-state index contributed by atoms with van der Waals surface area (Å²) in [5.41, 5.74) is 7.83. The zero-order chi connectivity index (χ0) is 12.1. The SMILES string of the molecule is CCc1ccc(Nc2ccnc(CN)n2)cc1. The van der Waals surface area contributed by atoms with Gasteiger partial charge in [0.15, 0.2) is 0 Å². The zero-order valence-corrected chi connectivity index (χ0v) is 9.85. The minimum absolute atomic E-state index is 0.351. The Morgan fingerprint density at radius 3 is 2.59 bits per heavy atom. The monoisotopic (exact) mass is 228 g/mol. The van der Waals surface area contributed by atoms with E-state index in [9.17, 15) is 0 Å². The van der Waals surface area contributed by atoms with Gasteiger partial charge in [-0.05, 0) is 30.2 Å². The minimum Gasteiger partial charge on any atom is -0.340 e. The Bertz CT molecular complexity index is 479. The van der Waals surface area contributed by atoms with Gasteiger partial charge in [0.05, 0.1) is 6.54 Å². The van der Waals surface area contributed by atoms with Gasteiger partial charge in [-0.15, -0.1) is 0 Å². The topological polar surface area (TPSA) is 63.8 Å². The van der Waals surface area contributed by atoms with E-state index in [0.717, 1.165) is 17.9 Å². The molecule has 0 aliphatic carbocycles. The minimum atomic E-state index is 0.351. The Morgan fingerprint density at radius 2 is 1.94 bits per heavy atom. The Kier molecular flexibility index (Phi) is 3.67. The van der Waals surface area contributed by atoms with Crippen molar-refractivity contribution in [2.75, 3.05) is 5.32 Å². The van der Waals surface area contributed by atoms with E-state index in [4.69, 9.17) is 5.73 Å². The van der Waals surface area contributed by atoms with Gasteiger partial charge in [0.25, 0.3) is 0 Å². The van der Waals surface area contributed by atoms with Crippen LogP contribution < -0.4 is 11.1 Å². The fourth-order valence-corrected chi connectivity index (χ4v) is 1.54. The average Bonchev–Trinajstić information content (AvgIpc) is 2.40. The lowest BCUT2D eigenvalue weighted by atomic mass is 10.1. The van der Waals surface area contributed by atoms with Crippen LogP contribution in [-0.4, -0.2) is 9.97 Å². The van der Waals surface area contributed by atoms with E-state index in [1.165, 1.54) is 5.56 Å². The Balaban J connectivity index is 2.13. The lowest BCUT2D eigenvalue weighted by Crippen LogP contribution is -2.04. The highest BCUT2D eigenvalue weighted by Crippen LogP contribution is 2.15. The van der Waals surface area contributed by atoms with Crippen molar-refractivity contribution in [2.24, 2.45) is 5.73 Å². The van der Waals surface area contributed by atoms with E-state index in [1.807, 2.05) is 18.2 Å². The standard InChI is InChI=1S/C13H16N4/c1-2-10-3-5-11(6-4-10)16-12-7-8-15-13(9-14)17-12/h3-8H,2,9,14H2,1H3,(H,15,16,17). The van der Waals surface area contributed by atoms with Crippen molar-refractivity contribution < 1.29 is 0 Å². The number of aromatic nitrogens is 2. The second-order valence-corrected chi connectivity index (χ2v) is 3.74. The largest absolute Gasteiger partial charge is 0.340 e. The molecule has 0 radical (unpaired) electrons. The van der Waals surface area contributed by atoms with Crippen molar-refractivity contribution in [1.29, 1.82) is 0 Å². The Hall–Kier alpha value is -1.94. The number of rotatable bonds is 4. The quantitative estimate of drug-likeness (QED) is 0.842. The summed E-state index contributed by atoms with van der Waals surface area (Å²) in [6.07, 6.45) is 2.75. The lowest BCUT2D eigenvalue weighted by Gasteiger charge is -2.06. The van der Waals surface area contributed by atoms with Crippen LogP contribution in [-0.2, 0) is 13.0 Å². The van der Waals surface area contributed by atoms with Gasteiger partial charge in [0.2, 0.25) is 0 Å². The van der Waals surface area contributed by atoms with Gasteiger partial charge in [0, 0.05) is 11.9 Å². The number of hydrogen-bond donors (Lipinski definition) is 2. The predicted octanol–water partition coefficient (Wildman–Crippen LogP) is 2.24. The molecular weight excluding hydrogens is 212 g/mol. The van der Waals surface area contributed by atoms with Crippen molar-refractivity contribution >= 4 is 11.5 Å². The van der Waals surface area contributed by atoms with E-state index in [0.29, 0.717) is 12.4 Å². The summed E-state index contributed by atoms with van der Waals surface area (Å²) in [6.45, 7) is 2.49. The van der Waals surface area contributed by atoms with Gasteiger partial charge < -0.3 is 11.1 Å². The first kappa shape index (κ1) is 11.5. The van der Waals surface area contributed by atoms with Gasteiger partial charge in [-0.3, -0.25) is 0 Å². The summed E-state index contributed by atoms with van der Waals surface area (Å²) in [5.74, 6) is 1.41. The fraction of sp³-hybridized carbons (Fsp3) is 0.231. The van der Waals surface area contributed by atoms with Gasteiger partial charge in [-0.25, -0.2) is 9.97 Å². The normalized spacial score (nSPS) is 10.2. The molecule has 0 aliphatic rings. The molecular formula is C13H16N4. The molecule has 0 aliphatic heterocycles. The number of aryl methyl sites for hydroxylation is 1. The van der Waals surface area contributed by atoms with Gasteiger partial charge in [-0.1, -0.05) is 19.1 Å². The second-order valence-electron chi connectivity index (χ2n) is 3.74. The van der Waals surface area contributed by atoms with Crippen LogP contribution in [0.15, 0.2) is 36.5 Å². The summed E-state index contributed by atoms with van der Waals surface area (Å²) >= 11 is 0. The lowest BCUT2D eigenvalue weighted by molar-refractivity contribution is 0.912. The molecule has 4 nitrogen and oxygen atoms in total. The number of anilines is 2. The molecule has 0 saturated heterocycles. The predicted molar refractivity (Wildman–Crippen MR) is 69.0 cm³/mol. The molecule has 4 heteroatoms. The van der Waals surface area contributed by atoms with Crippen LogP contribution in [0.3, 0.4) is 0 Å². The fourth-order valence-electron chi connectivity index (χ4n) is 1.54. The molecule has 2 aromatic rings. The third-order valence-electron chi connectivity index (χ3n) is 2.52. The van der Waals surface area contributed by atoms with E-state index in [-0.39, 0.29) is 0 Å². The highest BCUT2D eigenvalue weighted by atomic mass is 15.0. The van der Waals surface area contributed by atoms with E-state index >= 15 is 0 Å². The smallest absolute Gasteiger partial charge is 0.144 e. The first-order valence-corrected chi connectivity index (χ1v) is 5.69. The number of hydrogen-bond acceptors (Lipinski definition) is 4. The van der Waals surface area contributed by atoms with Crippen LogP contribution in [0.25, 0.3) is 0 Å². The van der Waals surface area contributed by atoms with Crippen LogP contribution in [0.5, 0.6) is 0 Å². The summed E-state index contributed by atoms with van der Waals surface area (Å²) in [4.78, 5) is 8.33. The molecule has 0 fully saturated rings. The van der Waals surface area contributed by atoms with E-state index in [1.54, 1.807) is 6.20 Å². The highest BCUT2D eigenvalue weighted by Gasteiger charge is 1.98. The van der Waals surface area contributed by atoms with Crippen molar-refractivity contribution in [3.05, 3.63) is 47.9 Å². The maximum atomic E-state index is 5.50. The third kappa shape index (κ3) is 3.01.